The number of carbonyl (C=O) groups excluding carboxylic acids is 2. The minimum atomic E-state index is -0.189. The zero-order chi connectivity index (χ0) is 20.8. The van der Waals surface area contributed by atoms with E-state index in [-0.39, 0.29) is 23.8 Å². The molecule has 1 saturated carbocycles. The van der Waals surface area contributed by atoms with E-state index in [4.69, 9.17) is 4.74 Å². The summed E-state index contributed by atoms with van der Waals surface area (Å²) in [6, 6.07) is 3.47. The van der Waals surface area contributed by atoms with Crippen molar-refractivity contribution in [3.8, 4) is 5.88 Å². The number of nitrogens with zero attached hydrogens (tertiary/aromatic N) is 3. The first-order valence-corrected chi connectivity index (χ1v) is 10.1. The Kier molecular flexibility index (Phi) is 6.85. The number of hydrogen-bond donors (Lipinski definition) is 2. The molecule has 0 atom stereocenters. The van der Waals surface area contributed by atoms with Gasteiger partial charge in [-0.1, -0.05) is 0 Å². The maximum absolute atomic E-state index is 12.5. The molecule has 2 heterocycles. The molecule has 0 spiro atoms. The Bertz CT molecular complexity index is 856. The first-order valence-electron chi connectivity index (χ1n) is 10.1. The lowest BCUT2D eigenvalue weighted by molar-refractivity contribution is -0.126. The first kappa shape index (κ1) is 20.8. The van der Waals surface area contributed by atoms with Gasteiger partial charge in [0.25, 0.3) is 5.91 Å². The summed E-state index contributed by atoms with van der Waals surface area (Å²) in [6.07, 6.45) is 6.48. The second kappa shape index (κ2) is 9.54. The maximum atomic E-state index is 12.5. The molecule has 0 saturated heterocycles. The van der Waals surface area contributed by atoms with Crippen molar-refractivity contribution in [1.29, 1.82) is 0 Å². The molecule has 156 valence electrons. The summed E-state index contributed by atoms with van der Waals surface area (Å²) < 4.78 is 7.08. The fraction of sp³-hybridized carbons (Fsp3) is 0.524. The third kappa shape index (κ3) is 4.93. The van der Waals surface area contributed by atoms with Gasteiger partial charge in [0.05, 0.1) is 13.3 Å². The maximum Gasteiger partial charge on any atom is 0.256 e. The fourth-order valence-electron chi connectivity index (χ4n) is 3.79. The van der Waals surface area contributed by atoms with E-state index in [0.29, 0.717) is 18.0 Å². The number of aryl methyl sites for hydroxylation is 1. The minimum Gasteiger partial charge on any atom is -0.480 e. The summed E-state index contributed by atoms with van der Waals surface area (Å²) in [6.45, 7) is 5.38. The van der Waals surface area contributed by atoms with Gasteiger partial charge in [-0.2, -0.15) is 5.10 Å². The van der Waals surface area contributed by atoms with Gasteiger partial charge in [0.1, 0.15) is 5.56 Å². The number of pyridine rings is 1. The van der Waals surface area contributed by atoms with Crippen LogP contribution in [-0.4, -0.2) is 39.7 Å². The smallest absolute Gasteiger partial charge is 0.256 e. The molecule has 3 rings (SSSR count). The van der Waals surface area contributed by atoms with Crippen molar-refractivity contribution < 1.29 is 14.3 Å². The largest absolute Gasteiger partial charge is 0.480 e. The highest BCUT2D eigenvalue weighted by atomic mass is 16.5. The van der Waals surface area contributed by atoms with Crippen molar-refractivity contribution in [3.05, 3.63) is 41.3 Å². The Morgan fingerprint density at radius 3 is 2.69 bits per heavy atom. The predicted octanol–water partition coefficient (Wildman–Crippen LogP) is 2.22. The summed E-state index contributed by atoms with van der Waals surface area (Å²) in [5, 5.41) is 10.4. The Morgan fingerprint density at radius 1 is 1.28 bits per heavy atom. The number of amides is 2. The molecule has 2 aromatic rings. The lowest BCUT2D eigenvalue weighted by Gasteiger charge is -2.28. The van der Waals surface area contributed by atoms with E-state index in [1.807, 2.05) is 24.7 Å². The summed E-state index contributed by atoms with van der Waals surface area (Å²) >= 11 is 0. The normalized spacial score (nSPS) is 18.9. The zero-order valence-electron chi connectivity index (χ0n) is 17.3. The second-order valence-corrected chi connectivity index (χ2v) is 7.37. The highest BCUT2D eigenvalue weighted by Gasteiger charge is 2.28. The Morgan fingerprint density at radius 2 is 2.03 bits per heavy atom. The molecule has 0 bridgehead atoms. The predicted molar refractivity (Wildman–Crippen MR) is 108 cm³/mol. The van der Waals surface area contributed by atoms with Crippen molar-refractivity contribution in [2.75, 3.05) is 7.11 Å². The van der Waals surface area contributed by atoms with E-state index in [0.717, 1.165) is 43.5 Å². The third-order valence-electron chi connectivity index (χ3n) is 5.60. The van der Waals surface area contributed by atoms with Crippen LogP contribution in [0.25, 0.3) is 0 Å². The Balaban J connectivity index is 1.46. The van der Waals surface area contributed by atoms with Crippen molar-refractivity contribution >= 4 is 11.8 Å². The summed E-state index contributed by atoms with van der Waals surface area (Å²) in [5.41, 5.74) is 2.56. The highest BCUT2D eigenvalue weighted by Crippen LogP contribution is 2.25. The van der Waals surface area contributed by atoms with E-state index in [1.54, 1.807) is 18.3 Å². The van der Waals surface area contributed by atoms with Crippen LogP contribution in [0.15, 0.2) is 24.5 Å². The van der Waals surface area contributed by atoms with Crippen LogP contribution in [-0.2, 0) is 17.9 Å². The Labute approximate surface area is 171 Å². The second-order valence-electron chi connectivity index (χ2n) is 7.37. The quantitative estimate of drug-likeness (QED) is 0.744. The summed E-state index contributed by atoms with van der Waals surface area (Å²) in [5.74, 6) is 0.191. The fourth-order valence-corrected chi connectivity index (χ4v) is 3.79. The molecule has 1 aliphatic carbocycles. The SMILES string of the molecule is CCn1ncc(CNC(=O)C2CCC(NC(=O)c3cccnc3OC)CC2)c1C. The van der Waals surface area contributed by atoms with E-state index >= 15 is 0 Å². The average Bonchev–Trinajstić information content (AvgIpc) is 3.11. The molecule has 1 aliphatic rings. The molecule has 2 N–H and O–H groups in total. The van der Waals surface area contributed by atoms with E-state index < -0.39 is 0 Å². The van der Waals surface area contributed by atoms with E-state index in [2.05, 4.69) is 20.7 Å². The molecule has 0 aliphatic heterocycles. The highest BCUT2D eigenvalue weighted by molar-refractivity contribution is 5.96. The lowest BCUT2D eigenvalue weighted by atomic mass is 9.85. The molecule has 2 amide bonds. The third-order valence-corrected chi connectivity index (χ3v) is 5.60. The van der Waals surface area contributed by atoms with Crippen LogP contribution in [0.3, 0.4) is 0 Å². The van der Waals surface area contributed by atoms with Crippen molar-refractivity contribution in [1.82, 2.24) is 25.4 Å². The van der Waals surface area contributed by atoms with Crippen LogP contribution in [0.2, 0.25) is 0 Å². The van der Waals surface area contributed by atoms with Gasteiger partial charge in [-0.3, -0.25) is 14.3 Å². The molecule has 8 heteroatoms. The van der Waals surface area contributed by atoms with Crippen LogP contribution in [0.5, 0.6) is 5.88 Å². The summed E-state index contributed by atoms with van der Waals surface area (Å²) in [4.78, 5) is 29.1. The number of aromatic nitrogens is 3. The lowest BCUT2D eigenvalue weighted by Crippen LogP contribution is -2.41. The number of rotatable bonds is 7. The molecule has 2 aromatic heterocycles. The van der Waals surface area contributed by atoms with Gasteiger partial charge in [0.15, 0.2) is 0 Å². The van der Waals surface area contributed by atoms with Crippen LogP contribution in [0.1, 0.15) is 54.2 Å². The number of hydrogen-bond acceptors (Lipinski definition) is 5. The van der Waals surface area contributed by atoms with Crippen LogP contribution in [0.4, 0.5) is 0 Å². The topological polar surface area (TPSA) is 98.1 Å². The molecule has 0 unspecified atom stereocenters. The van der Waals surface area contributed by atoms with Crippen LogP contribution >= 0.6 is 0 Å². The van der Waals surface area contributed by atoms with Crippen molar-refractivity contribution in [3.63, 3.8) is 0 Å². The standard InChI is InChI=1S/C21H29N5O3/c1-4-26-14(2)16(13-24-26)12-23-19(27)15-7-9-17(10-8-15)25-20(28)18-6-5-11-22-21(18)29-3/h5-6,11,13,15,17H,4,7-10,12H2,1-3H3,(H,23,27)(H,25,28). The molecule has 0 aromatic carbocycles. The van der Waals surface area contributed by atoms with Gasteiger partial charge in [0.2, 0.25) is 11.8 Å². The molecular weight excluding hydrogens is 370 g/mol. The summed E-state index contributed by atoms with van der Waals surface area (Å²) in [7, 11) is 1.50. The molecular formula is C21H29N5O3. The van der Waals surface area contributed by atoms with Crippen LogP contribution < -0.4 is 15.4 Å². The number of nitrogens with one attached hydrogen (secondary N) is 2. The van der Waals surface area contributed by atoms with Gasteiger partial charge >= 0.3 is 0 Å². The number of carbonyl (C=O) groups is 2. The van der Waals surface area contributed by atoms with Crippen LogP contribution in [0, 0.1) is 12.8 Å². The van der Waals surface area contributed by atoms with E-state index in [9.17, 15) is 9.59 Å². The molecule has 8 nitrogen and oxygen atoms in total. The van der Waals surface area contributed by atoms with Gasteiger partial charge < -0.3 is 15.4 Å². The van der Waals surface area contributed by atoms with Crippen molar-refractivity contribution in [2.45, 2.75) is 58.7 Å². The van der Waals surface area contributed by atoms with E-state index in [1.165, 1.54) is 7.11 Å². The molecule has 29 heavy (non-hydrogen) atoms. The van der Waals surface area contributed by atoms with Gasteiger partial charge in [-0.25, -0.2) is 4.98 Å². The minimum absolute atomic E-state index is 0.0161. The van der Waals surface area contributed by atoms with Crippen molar-refractivity contribution in [2.24, 2.45) is 5.92 Å². The monoisotopic (exact) mass is 399 g/mol. The average molecular weight is 399 g/mol. The van der Waals surface area contributed by atoms with Gasteiger partial charge in [-0.15, -0.1) is 0 Å². The number of ether oxygens (including phenoxy) is 1. The first-order chi connectivity index (χ1) is 14.0. The Hall–Kier alpha value is -2.90. The molecule has 1 fully saturated rings. The number of methoxy groups -OCH3 is 1. The van der Waals surface area contributed by atoms with Gasteiger partial charge in [-0.05, 0) is 51.7 Å². The van der Waals surface area contributed by atoms with Gasteiger partial charge in [0, 0.05) is 42.5 Å². The molecule has 0 radical (unpaired) electrons. The zero-order valence-corrected chi connectivity index (χ0v) is 17.3.